The van der Waals surface area contributed by atoms with E-state index < -0.39 is 18.1 Å². The number of carboxylic acid groups (broad SMARTS) is 1. The molecule has 0 aromatic heterocycles. The van der Waals surface area contributed by atoms with Gasteiger partial charge in [0.05, 0.1) is 5.88 Å². The number of fused-ring (bicyclic) bond motifs is 3. The number of nitrogens with one attached hydrogen (secondary N) is 1. The summed E-state index contributed by atoms with van der Waals surface area (Å²) < 4.78 is 5.38. The minimum absolute atomic E-state index is 0.0150. The van der Waals surface area contributed by atoms with Crippen LogP contribution >= 0.6 is 11.8 Å². The van der Waals surface area contributed by atoms with E-state index in [0.717, 1.165) is 11.1 Å². The fourth-order valence-corrected chi connectivity index (χ4v) is 3.75. The summed E-state index contributed by atoms with van der Waals surface area (Å²) in [5.74, 6) is -0.573. The number of alkyl carbamates (subject to hydrolysis) is 1. The van der Waals surface area contributed by atoms with Gasteiger partial charge in [0, 0.05) is 11.7 Å². The molecule has 0 aliphatic heterocycles. The lowest BCUT2D eigenvalue weighted by molar-refractivity contribution is -0.137. The molecule has 0 heterocycles. The number of benzene rings is 2. The predicted octanol–water partition coefficient (Wildman–Crippen LogP) is 2.63. The van der Waals surface area contributed by atoms with Crippen molar-refractivity contribution in [2.45, 2.75) is 12.0 Å². The molecule has 2 aromatic carbocycles. The van der Waals surface area contributed by atoms with E-state index >= 15 is 0 Å². The smallest absolute Gasteiger partial charge is 0.407 e. The summed E-state index contributed by atoms with van der Waals surface area (Å²) in [6, 6.07) is 15.3. The highest BCUT2D eigenvalue weighted by Crippen LogP contribution is 2.44. The lowest BCUT2D eigenvalue weighted by Crippen LogP contribution is -2.33. The van der Waals surface area contributed by atoms with Crippen molar-refractivity contribution in [3.05, 3.63) is 59.7 Å². The van der Waals surface area contributed by atoms with Crippen molar-refractivity contribution in [2.24, 2.45) is 5.73 Å². The number of carbonyl (C=O) groups is 2. The van der Waals surface area contributed by atoms with Crippen LogP contribution in [0.2, 0.25) is 0 Å². The first kappa shape index (κ1) is 18.3. The molecule has 1 aliphatic rings. The summed E-state index contributed by atoms with van der Waals surface area (Å²) in [4.78, 5) is 22.5. The third-order valence-electron chi connectivity index (χ3n) is 4.28. The molecule has 0 fully saturated rings. The first-order valence-electron chi connectivity index (χ1n) is 8.23. The summed E-state index contributed by atoms with van der Waals surface area (Å²) in [6.45, 7) is 0.249. The Morgan fingerprint density at radius 1 is 1.12 bits per heavy atom. The Morgan fingerprint density at radius 3 is 2.27 bits per heavy atom. The molecule has 4 N–H and O–H groups in total. The Labute approximate surface area is 155 Å². The average Bonchev–Trinajstić information content (AvgIpc) is 2.97. The van der Waals surface area contributed by atoms with Gasteiger partial charge >= 0.3 is 12.1 Å². The van der Waals surface area contributed by atoms with Crippen LogP contribution in [-0.4, -0.2) is 41.4 Å². The second kappa shape index (κ2) is 8.25. The van der Waals surface area contributed by atoms with Gasteiger partial charge in [-0.1, -0.05) is 48.5 Å². The number of ether oxygens (including phenoxy) is 1. The van der Waals surface area contributed by atoms with Gasteiger partial charge < -0.3 is 20.9 Å². The number of nitrogens with two attached hydrogens (primary N) is 1. The molecule has 1 aliphatic carbocycles. The van der Waals surface area contributed by atoms with Crippen LogP contribution < -0.4 is 11.1 Å². The summed E-state index contributed by atoms with van der Waals surface area (Å²) >= 11 is 1.24. The van der Waals surface area contributed by atoms with Gasteiger partial charge in [0.25, 0.3) is 0 Å². The summed E-state index contributed by atoms with van der Waals surface area (Å²) in [5, 5.41) is 11.3. The maximum absolute atomic E-state index is 11.9. The minimum atomic E-state index is -1.06. The van der Waals surface area contributed by atoms with E-state index in [0.29, 0.717) is 0 Å². The zero-order valence-electron chi connectivity index (χ0n) is 14.1. The number of carbonyl (C=O) groups excluding carboxylic acids is 1. The van der Waals surface area contributed by atoms with E-state index in [-0.39, 0.29) is 24.2 Å². The van der Waals surface area contributed by atoms with Crippen molar-refractivity contribution in [1.82, 2.24) is 5.32 Å². The minimum Gasteiger partial charge on any atom is -0.480 e. The van der Waals surface area contributed by atoms with Crippen LogP contribution in [0.5, 0.6) is 0 Å². The van der Waals surface area contributed by atoms with Gasteiger partial charge in [-0.15, -0.1) is 11.8 Å². The fraction of sp³-hybridized carbons (Fsp3) is 0.263. The standard InChI is InChI=1S/C19H20N2O4S/c20-17(18(22)23)10-26-11-21-19(24)25-9-16-14-7-3-1-5-12(14)13-6-2-4-8-15(13)16/h1-8,16-17H,9-11,20H2,(H,21,24)(H,22,23)/t17-/m0/s1. The normalized spacial score (nSPS) is 13.6. The van der Waals surface area contributed by atoms with Crippen LogP contribution in [0.3, 0.4) is 0 Å². The molecule has 0 saturated carbocycles. The van der Waals surface area contributed by atoms with E-state index in [1.54, 1.807) is 0 Å². The van der Waals surface area contributed by atoms with Gasteiger partial charge in [-0.05, 0) is 22.3 Å². The molecule has 26 heavy (non-hydrogen) atoms. The monoisotopic (exact) mass is 372 g/mol. The first-order chi connectivity index (χ1) is 12.6. The maximum atomic E-state index is 11.9. The summed E-state index contributed by atoms with van der Waals surface area (Å²) in [7, 11) is 0. The van der Waals surface area contributed by atoms with E-state index in [4.69, 9.17) is 15.6 Å². The second-order valence-corrected chi connectivity index (χ2v) is 6.99. The van der Waals surface area contributed by atoms with Gasteiger partial charge in [0.15, 0.2) is 0 Å². The van der Waals surface area contributed by atoms with Crippen LogP contribution in [0.4, 0.5) is 4.79 Å². The van der Waals surface area contributed by atoms with Crippen LogP contribution in [0.1, 0.15) is 17.0 Å². The van der Waals surface area contributed by atoms with Gasteiger partial charge in [-0.2, -0.15) is 0 Å². The molecule has 0 spiro atoms. The molecule has 3 rings (SSSR count). The van der Waals surface area contributed by atoms with E-state index in [9.17, 15) is 9.59 Å². The Bertz CT molecular complexity index is 766. The van der Waals surface area contributed by atoms with Crippen molar-refractivity contribution in [3.63, 3.8) is 0 Å². The summed E-state index contributed by atoms with van der Waals surface area (Å²) in [5.41, 5.74) is 10.1. The van der Waals surface area contributed by atoms with Crippen molar-refractivity contribution in [1.29, 1.82) is 0 Å². The first-order valence-corrected chi connectivity index (χ1v) is 9.38. The number of aliphatic carboxylic acids is 1. The average molecular weight is 372 g/mol. The second-order valence-electron chi connectivity index (χ2n) is 5.96. The highest BCUT2D eigenvalue weighted by Gasteiger charge is 2.28. The van der Waals surface area contributed by atoms with Gasteiger partial charge in [0.2, 0.25) is 0 Å². The van der Waals surface area contributed by atoms with E-state index in [2.05, 4.69) is 29.6 Å². The maximum Gasteiger partial charge on any atom is 0.407 e. The van der Waals surface area contributed by atoms with Gasteiger partial charge in [-0.3, -0.25) is 4.79 Å². The molecule has 6 nitrogen and oxygen atoms in total. The van der Waals surface area contributed by atoms with Crippen molar-refractivity contribution >= 4 is 23.8 Å². The zero-order valence-corrected chi connectivity index (χ0v) is 14.9. The van der Waals surface area contributed by atoms with Crippen LogP contribution in [0.15, 0.2) is 48.5 Å². The topological polar surface area (TPSA) is 102 Å². The predicted molar refractivity (Wildman–Crippen MR) is 101 cm³/mol. The molecule has 0 radical (unpaired) electrons. The van der Waals surface area contributed by atoms with Crippen LogP contribution in [-0.2, 0) is 9.53 Å². The zero-order chi connectivity index (χ0) is 18.5. The number of carboxylic acids is 1. The molecular weight excluding hydrogens is 352 g/mol. The lowest BCUT2D eigenvalue weighted by Gasteiger charge is -2.14. The molecule has 7 heteroatoms. The molecule has 2 aromatic rings. The van der Waals surface area contributed by atoms with Crippen molar-refractivity contribution in [3.8, 4) is 11.1 Å². The van der Waals surface area contributed by atoms with Gasteiger partial charge in [-0.25, -0.2) is 4.79 Å². The number of amides is 1. The molecular formula is C19H20N2O4S. The quantitative estimate of drug-likeness (QED) is 0.510. The third-order valence-corrected chi connectivity index (χ3v) is 5.22. The number of hydrogen-bond acceptors (Lipinski definition) is 5. The van der Waals surface area contributed by atoms with E-state index in [1.807, 2.05) is 24.3 Å². The largest absolute Gasteiger partial charge is 0.480 e. The third kappa shape index (κ3) is 4.00. The summed E-state index contributed by atoms with van der Waals surface area (Å²) in [6.07, 6.45) is -0.525. The highest BCUT2D eigenvalue weighted by atomic mass is 32.2. The SMILES string of the molecule is N[C@@H](CSCNC(=O)OCC1c2ccccc2-c2ccccc21)C(=O)O. The Hall–Kier alpha value is -2.51. The van der Waals surface area contributed by atoms with Crippen LogP contribution in [0.25, 0.3) is 11.1 Å². The molecule has 0 saturated heterocycles. The molecule has 1 atom stereocenters. The molecule has 0 unspecified atom stereocenters. The molecule has 0 bridgehead atoms. The molecule has 136 valence electrons. The Balaban J connectivity index is 1.53. The van der Waals surface area contributed by atoms with Crippen molar-refractivity contribution in [2.75, 3.05) is 18.2 Å². The van der Waals surface area contributed by atoms with Crippen LogP contribution in [0, 0.1) is 0 Å². The van der Waals surface area contributed by atoms with E-state index in [1.165, 1.54) is 22.9 Å². The highest BCUT2D eigenvalue weighted by molar-refractivity contribution is 7.99. The Kier molecular flexibility index (Phi) is 5.80. The number of hydrogen-bond donors (Lipinski definition) is 3. The Morgan fingerprint density at radius 2 is 1.69 bits per heavy atom. The van der Waals surface area contributed by atoms with Crippen molar-refractivity contribution < 1.29 is 19.4 Å². The lowest BCUT2D eigenvalue weighted by atomic mass is 9.98. The number of rotatable bonds is 7. The molecule has 1 amide bonds. The van der Waals surface area contributed by atoms with Gasteiger partial charge in [0.1, 0.15) is 12.6 Å². The fourth-order valence-electron chi connectivity index (χ4n) is 3.02. The number of thioether (sulfide) groups is 1.